The van der Waals surface area contributed by atoms with Crippen LogP contribution in [0.1, 0.15) is 36.7 Å². The molecule has 2 aromatic carbocycles. The molecule has 174 valence electrons. The van der Waals surface area contributed by atoms with E-state index in [0.717, 1.165) is 35.5 Å². The molecule has 2 heterocycles. The van der Waals surface area contributed by atoms with Crippen molar-refractivity contribution in [3.63, 3.8) is 0 Å². The molecule has 3 aromatic rings. The van der Waals surface area contributed by atoms with E-state index in [2.05, 4.69) is 32.5 Å². The molecule has 1 saturated heterocycles. The molecule has 4 rings (SSSR count). The van der Waals surface area contributed by atoms with Crippen molar-refractivity contribution in [2.45, 2.75) is 37.4 Å². The molecule has 1 amide bonds. The number of likely N-dealkylation sites (tertiary alicyclic amines) is 1. The van der Waals surface area contributed by atoms with Gasteiger partial charge in [-0.05, 0) is 62.7 Å². The Kier molecular flexibility index (Phi) is 8.01. The minimum absolute atomic E-state index is 0.00390. The third kappa shape index (κ3) is 5.94. The highest BCUT2D eigenvalue weighted by molar-refractivity contribution is 7.99. The first-order chi connectivity index (χ1) is 16.2. The van der Waals surface area contributed by atoms with Crippen molar-refractivity contribution in [3.05, 3.63) is 66.0 Å². The van der Waals surface area contributed by atoms with E-state index >= 15 is 0 Å². The lowest BCUT2D eigenvalue weighted by atomic mass is 10.0. The summed E-state index contributed by atoms with van der Waals surface area (Å²) in [6, 6.07) is 18.3. The molecule has 7 nitrogen and oxygen atoms in total. The first-order valence-electron chi connectivity index (χ1n) is 11.4. The Balaban J connectivity index is 1.39. The number of aromatic nitrogens is 3. The molecule has 33 heavy (non-hydrogen) atoms. The minimum Gasteiger partial charge on any atom is -0.497 e. The van der Waals surface area contributed by atoms with Gasteiger partial charge in [0.2, 0.25) is 5.91 Å². The second-order valence-electron chi connectivity index (χ2n) is 8.18. The average Bonchev–Trinajstić information content (AvgIpc) is 3.24. The van der Waals surface area contributed by atoms with Gasteiger partial charge >= 0.3 is 0 Å². The Morgan fingerprint density at radius 3 is 2.48 bits per heavy atom. The maximum Gasteiger partial charge on any atom is 0.230 e. The van der Waals surface area contributed by atoms with Gasteiger partial charge in [-0.1, -0.05) is 48.5 Å². The van der Waals surface area contributed by atoms with Crippen LogP contribution in [0, 0.1) is 6.92 Å². The lowest BCUT2D eigenvalue weighted by molar-refractivity contribution is -0.118. The standard InChI is InChI=1S/C25H31N5O2S/c1-19-27-28-25(30(19)21-9-5-3-6-10-21)33-18-24(31)26-17-23(29-15-7-4-8-16-29)20-11-13-22(32-2)14-12-20/h3,5-6,9-14,23H,4,7-8,15-18H2,1-2H3,(H,26,31). The van der Waals surface area contributed by atoms with Gasteiger partial charge in [-0.25, -0.2) is 0 Å². The van der Waals surface area contributed by atoms with Crippen molar-refractivity contribution >= 4 is 17.7 Å². The van der Waals surface area contributed by atoms with Crippen molar-refractivity contribution in [2.24, 2.45) is 0 Å². The fourth-order valence-electron chi connectivity index (χ4n) is 4.22. The van der Waals surface area contributed by atoms with Gasteiger partial charge in [-0.15, -0.1) is 10.2 Å². The summed E-state index contributed by atoms with van der Waals surface area (Å²) >= 11 is 1.41. The number of hydrogen-bond acceptors (Lipinski definition) is 6. The van der Waals surface area contributed by atoms with E-state index < -0.39 is 0 Å². The first-order valence-corrected chi connectivity index (χ1v) is 12.4. The van der Waals surface area contributed by atoms with Crippen LogP contribution in [-0.4, -0.2) is 58.1 Å². The van der Waals surface area contributed by atoms with Crippen LogP contribution in [-0.2, 0) is 4.79 Å². The SMILES string of the molecule is COc1ccc(C(CNC(=O)CSc2nnc(C)n2-c2ccccc2)N2CCCCC2)cc1. The number of amides is 1. The van der Waals surface area contributed by atoms with E-state index in [4.69, 9.17) is 4.74 Å². The molecule has 1 aliphatic rings. The zero-order valence-corrected chi connectivity index (χ0v) is 20.1. The number of ether oxygens (including phenoxy) is 1. The number of para-hydroxylation sites is 1. The Bertz CT molecular complexity index is 1030. The number of thioether (sulfide) groups is 1. The van der Waals surface area contributed by atoms with Crippen molar-refractivity contribution in [3.8, 4) is 11.4 Å². The third-order valence-electron chi connectivity index (χ3n) is 5.97. The van der Waals surface area contributed by atoms with E-state index in [9.17, 15) is 4.79 Å². The minimum atomic E-state index is -0.00390. The number of piperidine rings is 1. The number of carbonyl (C=O) groups is 1. The highest BCUT2D eigenvalue weighted by Crippen LogP contribution is 2.26. The van der Waals surface area contributed by atoms with Gasteiger partial charge in [0.25, 0.3) is 0 Å². The smallest absolute Gasteiger partial charge is 0.230 e. The summed E-state index contributed by atoms with van der Waals surface area (Å²) in [5, 5.41) is 12.3. The maximum atomic E-state index is 12.8. The summed E-state index contributed by atoms with van der Waals surface area (Å²) in [7, 11) is 1.68. The number of methoxy groups -OCH3 is 1. The van der Waals surface area contributed by atoms with Crippen molar-refractivity contribution in [2.75, 3.05) is 32.5 Å². The van der Waals surface area contributed by atoms with Crippen LogP contribution in [0.5, 0.6) is 5.75 Å². The van der Waals surface area contributed by atoms with Crippen LogP contribution < -0.4 is 10.1 Å². The number of hydrogen-bond donors (Lipinski definition) is 1. The topological polar surface area (TPSA) is 72.3 Å². The fourth-order valence-corrected chi connectivity index (χ4v) is 5.04. The average molecular weight is 466 g/mol. The second-order valence-corrected chi connectivity index (χ2v) is 9.12. The molecule has 0 bridgehead atoms. The number of nitrogens with one attached hydrogen (secondary N) is 1. The van der Waals surface area contributed by atoms with Crippen LogP contribution >= 0.6 is 11.8 Å². The molecule has 0 aliphatic carbocycles. The summed E-state index contributed by atoms with van der Waals surface area (Å²) < 4.78 is 7.29. The van der Waals surface area contributed by atoms with E-state index in [-0.39, 0.29) is 11.9 Å². The molecule has 1 N–H and O–H groups in total. The molecule has 8 heteroatoms. The predicted molar refractivity (Wildman–Crippen MR) is 131 cm³/mol. The molecule has 1 aromatic heterocycles. The highest BCUT2D eigenvalue weighted by Gasteiger charge is 2.23. The monoisotopic (exact) mass is 465 g/mol. The molecule has 0 radical (unpaired) electrons. The normalized spacial score (nSPS) is 15.2. The molecular formula is C25H31N5O2S. The number of carbonyl (C=O) groups excluding carboxylic acids is 1. The summed E-state index contributed by atoms with van der Waals surface area (Å²) in [4.78, 5) is 15.2. The van der Waals surface area contributed by atoms with Gasteiger partial charge in [-0.3, -0.25) is 14.3 Å². The van der Waals surface area contributed by atoms with Gasteiger partial charge in [-0.2, -0.15) is 0 Å². The van der Waals surface area contributed by atoms with Crippen molar-refractivity contribution < 1.29 is 9.53 Å². The molecule has 0 spiro atoms. The summed E-state index contributed by atoms with van der Waals surface area (Å²) in [5.74, 6) is 1.93. The third-order valence-corrected chi connectivity index (χ3v) is 6.90. The van der Waals surface area contributed by atoms with Gasteiger partial charge in [0.15, 0.2) is 5.16 Å². The number of aryl methyl sites for hydroxylation is 1. The molecule has 1 atom stereocenters. The van der Waals surface area contributed by atoms with Crippen LogP contribution in [0.2, 0.25) is 0 Å². The zero-order valence-electron chi connectivity index (χ0n) is 19.2. The highest BCUT2D eigenvalue weighted by atomic mass is 32.2. The predicted octanol–water partition coefficient (Wildman–Crippen LogP) is 4.02. The van der Waals surface area contributed by atoms with Gasteiger partial charge < -0.3 is 10.1 Å². The van der Waals surface area contributed by atoms with Gasteiger partial charge in [0, 0.05) is 12.2 Å². The first kappa shape index (κ1) is 23.3. The van der Waals surface area contributed by atoms with Crippen LogP contribution in [0.4, 0.5) is 0 Å². The molecule has 1 aliphatic heterocycles. The number of nitrogens with zero attached hydrogens (tertiary/aromatic N) is 4. The van der Waals surface area contributed by atoms with E-state index in [1.165, 1.54) is 36.6 Å². The van der Waals surface area contributed by atoms with E-state index in [1.54, 1.807) is 7.11 Å². The molecule has 1 unspecified atom stereocenters. The van der Waals surface area contributed by atoms with E-state index in [0.29, 0.717) is 12.3 Å². The second kappa shape index (κ2) is 11.3. The number of benzene rings is 2. The van der Waals surface area contributed by atoms with Crippen LogP contribution in [0.25, 0.3) is 5.69 Å². The summed E-state index contributed by atoms with van der Waals surface area (Å²) in [6.07, 6.45) is 3.67. The Morgan fingerprint density at radius 2 is 1.79 bits per heavy atom. The zero-order chi connectivity index (χ0) is 23.0. The largest absolute Gasteiger partial charge is 0.497 e. The molecule has 0 saturated carbocycles. The van der Waals surface area contributed by atoms with Crippen molar-refractivity contribution in [1.29, 1.82) is 0 Å². The lowest BCUT2D eigenvalue weighted by Crippen LogP contribution is -2.41. The Labute approximate surface area is 199 Å². The van der Waals surface area contributed by atoms with Gasteiger partial charge in [0.05, 0.1) is 18.9 Å². The Morgan fingerprint density at radius 1 is 1.06 bits per heavy atom. The lowest BCUT2D eigenvalue weighted by Gasteiger charge is -2.35. The summed E-state index contributed by atoms with van der Waals surface area (Å²) in [5.41, 5.74) is 2.19. The maximum absolute atomic E-state index is 12.8. The number of rotatable bonds is 9. The molecular weight excluding hydrogens is 434 g/mol. The Hall–Kier alpha value is -2.84. The van der Waals surface area contributed by atoms with Crippen LogP contribution in [0.15, 0.2) is 59.8 Å². The summed E-state index contributed by atoms with van der Waals surface area (Å²) in [6.45, 7) is 4.61. The molecule has 1 fully saturated rings. The van der Waals surface area contributed by atoms with Crippen LogP contribution in [0.3, 0.4) is 0 Å². The van der Waals surface area contributed by atoms with Crippen molar-refractivity contribution in [1.82, 2.24) is 25.0 Å². The quantitative estimate of drug-likeness (QED) is 0.481. The van der Waals surface area contributed by atoms with E-state index in [1.807, 2.05) is 54.0 Å². The van der Waals surface area contributed by atoms with Gasteiger partial charge in [0.1, 0.15) is 11.6 Å². The fraction of sp³-hybridized carbons (Fsp3) is 0.400.